The number of aromatic nitrogens is 3. The van der Waals surface area contributed by atoms with Crippen molar-refractivity contribution in [2.45, 2.75) is 43.1 Å². The van der Waals surface area contributed by atoms with E-state index in [2.05, 4.69) is 37.9 Å². The van der Waals surface area contributed by atoms with Crippen molar-refractivity contribution in [2.24, 2.45) is 0 Å². The van der Waals surface area contributed by atoms with Gasteiger partial charge in [-0.3, -0.25) is 14.3 Å². The van der Waals surface area contributed by atoms with Gasteiger partial charge in [0, 0.05) is 17.9 Å². The number of para-hydroxylation sites is 2. The lowest BCUT2D eigenvalue weighted by Crippen LogP contribution is -2.35. The molecule has 0 saturated carbocycles. The minimum absolute atomic E-state index is 0.124. The van der Waals surface area contributed by atoms with Gasteiger partial charge in [-0.1, -0.05) is 48.2 Å². The number of benzene rings is 2. The molecular weight excluding hydrogens is 406 g/mol. The van der Waals surface area contributed by atoms with E-state index in [1.807, 2.05) is 48.2 Å². The molecule has 3 heterocycles. The van der Waals surface area contributed by atoms with Crippen LogP contribution in [0, 0.1) is 0 Å². The third-order valence-corrected chi connectivity index (χ3v) is 7.09. The molecule has 0 aliphatic carbocycles. The summed E-state index contributed by atoms with van der Waals surface area (Å²) in [5.74, 6) is 1.06. The standard InChI is InChI=1S/C24H27N5OS/c1-18(23(30)28-16-13-19-9-5-6-12-21(19)28)31-24-26-25-22(17-27-14-7-8-15-27)29(24)20-10-3-2-4-11-20/h2-6,9-12,18H,7-8,13-17H2,1H3. The van der Waals surface area contributed by atoms with Crippen LogP contribution in [0.5, 0.6) is 0 Å². The Kier molecular flexibility index (Phi) is 5.78. The molecule has 6 nitrogen and oxygen atoms in total. The van der Waals surface area contributed by atoms with Crippen molar-refractivity contribution in [3.63, 3.8) is 0 Å². The molecule has 160 valence electrons. The molecule has 0 spiro atoms. The second kappa shape index (κ2) is 8.85. The second-order valence-corrected chi connectivity index (χ2v) is 9.49. The van der Waals surface area contributed by atoms with Gasteiger partial charge >= 0.3 is 0 Å². The van der Waals surface area contributed by atoms with Crippen LogP contribution in [-0.2, 0) is 17.8 Å². The molecule has 5 rings (SSSR count). The van der Waals surface area contributed by atoms with E-state index in [1.165, 1.54) is 30.2 Å². The minimum Gasteiger partial charge on any atom is -0.311 e. The fourth-order valence-electron chi connectivity index (χ4n) is 4.45. The Morgan fingerprint density at radius 3 is 2.55 bits per heavy atom. The summed E-state index contributed by atoms with van der Waals surface area (Å²) in [6.07, 6.45) is 3.40. The minimum atomic E-state index is -0.252. The van der Waals surface area contributed by atoms with Crippen LogP contribution in [0.3, 0.4) is 0 Å². The summed E-state index contributed by atoms with van der Waals surface area (Å²) in [6.45, 7) is 5.71. The summed E-state index contributed by atoms with van der Waals surface area (Å²) >= 11 is 1.49. The van der Waals surface area contributed by atoms with Gasteiger partial charge in [-0.05, 0) is 63.0 Å². The Morgan fingerprint density at radius 2 is 1.74 bits per heavy atom. The maximum absolute atomic E-state index is 13.3. The molecular formula is C24H27N5OS. The highest BCUT2D eigenvalue weighted by Crippen LogP contribution is 2.32. The normalized spacial score (nSPS) is 17.1. The number of hydrogen-bond acceptors (Lipinski definition) is 5. The molecule has 0 bridgehead atoms. The van der Waals surface area contributed by atoms with Gasteiger partial charge in [0.2, 0.25) is 5.91 Å². The smallest absolute Gasteiger partial charge is 0.240 e. The summed E-state index contributed by atoms with van der Waals surface area (Å²) in [5, 5.41) is 9.55. The van der Waals surface area contributed by atoms with E-state index in [0.717, 1.165) is 55.0 Å². The monoisotopic (exact) mass is 433 g/mol. The first-order chi connectivity index (χ1) is 15.2. The topological polar surface area (TPSA) is 54.3 Å². The zero-order valence-electron chi connectivity index (χ0n) is 17.8. The van der Waals surface area contributed by atoms with Crippen molar-refractivity contribution in [1.82, 2.24) is 19.7 Å². The second-order valence-electron chi connectivity index (χ2n) is 8.18. The SMILES string of the molecule is CC(Sc1nnc(CN2CCCC2)n1-c1ccccc1)C(=O)N1CCc2ccccc21. The molecule has 2 aliphatic rings. The number of anilines is 1. The Morgan fingerprint density at radius 1 is 1.00 bits per heavy atom. The van der Waals surface area contributed by atoms with Crippen LogP contribution in [0.1, 0.15) is 31.2 Å². The third-order valence-electron chi connectivity index (χ3n) is 6.06. The Bertz CT molecular complexity index is 1060. The lowest BCUT2D eigenvalue weighted by atomic mass is 10.2. The number of fused-ring (bicyclic) bond motifs is 1. The van der Waals surface area contributed by atoms with Crippen molar-refractivity contribution >= 4 is 23.4 Å². The summed E-state index contributed by atoms with van der Waals surface area (Å²) in [7, 11) is 0. The van der Waals surface area contributed by atoms with Gasteiger partial charge in [0.25, 0.3) is 0 Å². The van der Waals surface area contributed by atoms with Crippen LogP contribution in [0.4, 0.5) is 5.69 Å². The summed E-state index contributed by atoms with van der Waals surface area (Å²) in [4.78, 5) is 17.6. The van der Waals surface area contributed by atoms with Crippen molar-refractivity contribution < 1.29 is 4.79 Å². The Hall–Kier alpha value is -2.64. The molecule has 1 amide bonds. The van der Waals surface area contributed by atoms with Gasteiger partial charge in [0.1, 0.15) is 0 Å². The Balaban J connectivity index is 1.39. The Labute approximate surface area is 187 Å². The zero-order valence-corrected chi connectivity index (χ0v) is 18.6. The van der Waals surface area contributed by atoms with Gasteiger partial charge in [-0.15, -0.1) is 10.2 Å². The number of nitrogens with zero attached hydrogens (tertiary/aromatic N) is 5. The lowest BCUT2D eigenvalue weighted by Gasteiger charge is -2.21. The van der Waals surface area contributed by atoms with Gasteiger partial charge in [0.15, 0.2) is 11.0 Å². The fourth-order valence-corrected chi connectivity index (χ4v) is 5.40. The quantitative estimate of drug-likeness (QED) is 0.551. The maximum atomic E-state index is 13.3. The highest BCUT2D eigenvalue weighted by atomic mass is 32.2. The molecule has 7 heteroatoms. The van der Waals surface area contributed by atoms with Gasteiger partial charge in [0.05, 0.1) is 11.8 Å². The van der Waals surface area contributed by atoms with E-state index in [-0.39, 0.29) is 11.2 Å². The molecule has 2 aliphatic heterocycles. The van der Waals surface area contributed by atoms with E-state index in [9.17, 15) is 4.79 Å². The van der Waals surface area contributed by atoms with Gasteiger partial charge in [-0.2, -0.15) is 0 Å². The lowest BCUT2D eigenvalue weighted by molar-refractivity contribution is -0.117. The number of likely N-dealkylation sites (tertiary alicyclic amines) is 1. The summed E-state index contributed by atoms with van der Waals surface area (Å²) < 4.78 is 2.12. The van der Waals surface area contributed by atoms with Crippen molar-refractivity contribution in [2.75, 3.05) is 24.5 Å². The largest absolute Gasteiger partial charge is 0.311 e. The number of carbonyl (C=O) groups excluding carboxylic acids is 1. The van der Waals surface area contributed by atoms with E-state index >= 15 is 0 Å². The third kappa shape index (κ3) is 4.12. The van der Waals surface area contributed by atoms with E-state index < -0.39 is 0 Å². The number of amides is 1. The van der Waals surface area contributed by atoms with Crippen molar-refractivity contribution in [3.8, 4) is 5.69 Å². The van der Waals surface area contributed by atoms with Crippen molar-refractivity contribution in [1.29, 1.82) is 0 Å². The van der Waals surface area contributed by atoms with Crippen LogP contribution in [0.25, 0.3) is 5.69 Å². The zero-order chi connectivity index (χ0) is 21.2. The summed E-state index contributed by atoms with van der Waals surface area (Å²) in [5.41, 5.74) is 3.32. The van der Waals surface area contributed by atoms with Crippen LogP contribution in [-0.4, -0.2) is 50.5 Å². The first kappa shape index (κ1) is 20.3. The average Bonchev–Trinajstić information content (AvgIpc) is 3.54. The van der Waals surface area contributed by atoms with E-state index in [1.54, 1.807) is 0 Å². The molecule has 2 aromatic carbocycles. The van der Waals surface area contributed by atoms with Crippen LogP contribution < -0.4 is 4.90 Å². The van der Waals surface area contributed by atoms with Gasteiger partial charge in [-0.25, -0.2) is 0 Å². The molecule has 1 aromatic heterocycles. The van der Waals surface area contributed by atoms with E-state index in [0.29, 0.717) is 0 Å². The predicted molar refractivity (Wildman–Crippen MR) is 124 cm³/mol. The van der Waals surface area contributed by atoms with Crippen LogP contribution in [0.15, 0.2) is 59.8 Å². The summed E-state index contributed by atoms with van der Waals surface area (Å²) in [6, 6.07) is 18.4. The number of carbonyl (C=O) groups is 1. The maximum Gasteiger partial charge on any atom is 0.240 e. The highest BCUT2D eigenvalue weighted by Gasteiger charge is 2.30. The van der Waals surface area contributed by atoms with Crippen molar-refractivity contribution in [3.05, 3.63) is 66.0 Å². The van der Waals surface area contributed by atoms with E-state index in [4.69, 9.17) is 0 Å². The number of rotatable bonds is 6. The molecule has 1 saturated heterocycles. The predicted octanol–water partition coefficient (Wildman–Crippen LogP) is 3.93. The van der Waals surface area contributed by atoms with Crippen LogP contribution in [0.2, 0.25) is 0 Å². The molecule has 1 atom stereocenters. The molecule has 0 N–H and O–H groups in total. The molecule has 1 fully saturated rings. The molecule has 31 heavy (non-hydrogen) atoms. The average molecular weight is 434 g/mol. The molecule has 3 aromatic rings. The highest BCUT2D eigenvalue weighted by molar-refractivity contribution is 8.00. The molecule has 1 unspecified atom stereocenters. The molecule has 0 radical (unpaired) electrons. The first-order valence-corrected chi connectivity index (χ1v) is 11.9. The first-order valence-electron chi connectivity index (χ1n) is 11.0. The van der Waals surface area contributed by atoms with Gasteiger partial charge < -0.3 is 4.90 Å². The fraction of sp³-hybridized carbons (Fsp3) is 0.375. The number of thioether (sulfide) groups is 1. The van der Waals surface area contributed by atoms with Crippen LogP contribution >= 0.6 is 11.8 Å². The number of hydrogen-bond donors (Lipinski definition) is 0.